The third-order valence-electron chi connectivity index (χ3n) is 2.41. The zero-order chi connectivity index (χ0) is 9.84. The zero-order valence-corrected chi connectivity index (χ0v) is 8.74. The molecular formula is C9H12Cl2O2. The van der Waals surface area contributed by atoms with Gasteiger partial charge in [0.15, 0.2) is 0 Å². The van der Waals surface area contributed by atoms with E-state index >= 15 is 0 Å². The monoisotopic (exact) mass is 222 g/mol. The van der Waals surface area contributed by atoms with Gasteiger partial charge in [-0.2, -0.15) is 0 Å². The molecule has 0 aromatic heterocycles. The molecule has 74 valence electrons. The van der Waals surface area contributed by atoms with Crippen molar-refractivity contribution in [2.45, 2.75) is 32.1 Å². The van der Waals surface area contributed by atoms with Crippen LogP contribution in [0.25, 0.3) is 0 Å². The Morgan fingerprint density at radius 1 is 1.46 bits per heavy atom. The van der Waals surface area contributed by atoms with Crippen molar-refractivity contribution in [3.05, 3.63) is 10.1 Å². The van der Waals surface area contributed by atoms with Gasteiger partial charge < -0.3 is 5.11 Å². The van der Waals surface area contributed by atoms with Crippen molar-refractivity contribution in [1.29, 1.82) is 0 Å². The molecule has 4 heteroatoms. The Bertz CT molecular complexity index is 232. The quantitative estimate of drug-likeness (QED) is 0.779. The fraction of sp³-hybridized carbons (Fsp3) is 0.667. The van der Waals surface area contributed by atoms with Crippen LogP contribution in [-0.4, -0.2) is 11.1 Å². The van der Waals surface area contributed by atoms with Crippen molar-refractivity contribution < 1.29 is 9.90 Å². The topological polar surface area (TPSA) is 37.3 Å². The maximum absolute atomic E-state index is 10.5. The molecule has 0 heterocycles. The summed E-state index contributed by atoms with van der Waals surface area (Å²) in [7, 11) is 0. The van der Waals surface area contributed by atoms with Crippen molar-refractivity contribution in [2.75, 3.05) is 0 Å². The Kier molecular flexibility index (Phi) is 4.07. The number of halogens is 2. The molecule has 0 radical (unpaired) electrons. The second-order valence-corrected chi connectivity index (χ2v) is 4.28. The van der Waals surface area contributed by atoms with Crippen LogP contribution in [0, 0.1) is 5.92 Å². The number of allylic oxidation sites excluding steroid dienone is 1. The van der Waals surface area contributed by atoms with E-state index in [-0.39, 0.29) is 16.8 Å². The van der Waals surface area contributed by atoms with Gasteiger partial charge >= 0.3 is 5.97 Å². The molecule has 1 N–H and O–H groups in total. The van der Waals surface area contributed by atoms with Crippen LogP contribution in [0.4, 0.5) is 0 Å². The molecule has 0 aromatic carbocycles. The van der Waals surface area contributed by atoms with Gasteiger partial charge in [0.25, 0.3) is 0 Å². The first-order valence-corrected chi connectivity index (χ1v) is 5.12. The molecule has 1 aliphatic carbocycles. The van der Waals surface area contributed by atoms with Gasteiger partial charge in [0, 0.05) is 0 Å². The van der Waals surface area contributed by atoms with Crippen LogP contribution >= 0.6 is 23.2 Å². The third-order valence-corrected chi connectivity index (χ3v) is 2.89. The average Bonchev–Trinajstić information content (AvgIpc) is 2.03. The van der Waals surface area contributed by atoms with Crippen LogP contribution in [-0.2, 0) is 4.79 Å². The Labute approximate surface area is 87.5 Å². The summed E-state index contributed by atoms with van der Waals surface area (Å²) < 4.78 is 0.269. The molecule has 0 spiro atoms. The summed E-state index contributed by atoms with van der Waals surface area (Å²) in [6.07, 6.45) is 4.03. The smallest absolute Gasteiger partial charge is 0.303 e. The number of carboxylic acids is 1. The van der Waals surface area contributed by atoms with Crippen molar-refractivity contribution >= 4 is 29.2 Å². The minimum atomic E-state index is -0.779. The number of hydrogen-bond donors (Lipinski definition) is 1. The lowest BCUT2D eigenvalue weighted by Crippen LogP contribution is -2.14. The van der Waals surface area contributed by atoms with Crippen molar-refractivity contribution in [1.82, 2.24) is 0 Å². The highest BCUT2D eigenvalue weighted by Crippen LogP contribution is 2.36. The van der Waals surface area contributed by atoms with Gasteiger partial charge in [-0.1, -0.05) is 29.6 Å². The Morgan fingerprint density at radius 3 is 2.69 bits per heavy atom. The lowest BCUT2D eigenvalue weighted by Gasteiger charge is -2.23. The largest absolute Gasteiger partial charge is 0.481 e. The van der Waals surface area contributed by atoms with E-state index in [4.69, 9.17) is 28.3 Å². The SMILES string of the molecule is O=C(O)C[C@@H]1CCCCC1=C(Cl)Cl. The van der Waals surface area contributed by atoms with Gasteiger partial charge in [0.2, 0.25) is 0 Å². The summed E-state index contributed by atoms with van der Waals surface area (Å²) in [5, 5.41) is 8.66. The van der Waals surface area contributed by atoms with Gasteiger partial charge in [-0.3, -0.25) is 4.79 Å². The lowest BCUT2D eigenvalue weighted by atomic mass is 9.83. The standard InChI is InChI=1S/C9H12Cl2O2/c10-9(11)7-4-2-1-3-6(7)5-8(12)13/h6H,1-5H2,(H,12,13)/t6-/m0/s1. The van der Waals surface area contributed by atoms with Crippen LogP contribution in [0.1, 0.15) is 32.1 Å². The summed E-state index contributed by atoms with van der Waals surface area (Å²) in [4.78, 5) is 10.5. The predicted molar refractivity (Wildman–Crippen MR) is 52.9 cm³/mol. The Balaban J connectivity index is 2.68. The Hall–Kier alpha value is -0.210. The maximum Gasteiger partial charge on any atom is 0.303 e. The molecule has 0 unspecified atom stereocenters. The minimum Gasteiger partial charge on any atom is -0.481 e. The van der Waals surface area contributed by atoms with Crippen LogP contribution in [0.15, 0.2) is 10.1 Å². The van der Waals surface area contributed by atoms with E-state index in [0.717, 1.165) is 31.3 Å². The normalized spacial score (nSPS) is 22.9. The minimum absolute atomic E-state index is 0.0521. The van der Waals surface area contributed by atoms with E-state index in [0.29, 0.717) is 0 Å². The van der Waals surface area contributed by atoms with E-state index in [9.17, 15) is 4.79 Å². The van der Waals surface area contributed by atoms with Crippen LogP contribution in [0.2, 0.25) is 0 Å². The molecule has 0 aliphatic heterocycles. The molecule has 13 heavy (non-hydrogen) atoms. The summed E-state index contributed by atoms with van der Waals surface area (Å²) in [6.45, 7) is 0. The number of hydrogen-bond acceptors (Lipinski definition) is 1. The van der Waals surface area contributed by atoms with Crippen molar-refractivity contribution in [3.63, 3.8) is 0 Å². The molecule has 2 nitrogen and oxygen atoms in total. The van der Waals surface area contributed by atoms with E-state index in [1.165, 1.54) is 0 Å². The molecule has 1 atom stereocenters. The third kappa shape index (κ3) is 3.20. The first-order chi connectivity index (χ1) is 6.11. The van der Waals surface area contributed by atoms with E-state index in [1.807, 2.05) is 0 Å². The fourth-order valence-corrected chi connectivity index (χ4v) is 2.27. The first-order valence-electron chi connectivity index (χ1n) is 4.37. The van der Waals surface area contributed by atoms with Gasteiger partial charge in [-0.15, -0.1) is 0 Å². The van der Waals surface area contributed by atoms with E-state index in [1.54, 1.807) is 0 Å². The maximum atomic E-state index is 10.5. The van der Waals surface area contributed by atoms with Crippen molar-refractivity contribution in [2.24, 2.45) is 5.92 Å². The molecule has 1 saturated carbocycles. The van der Waals surface area contributed by atoms with Crippen molar-refractivity contribution in [3.8, 4) is 0 Å². The molecule has 1 aliphatic rings. The summed E-state index contributed by atoms with van der Waals surface area (Å²) in [6, 6.07) is 0. The summed E-state index contributed by atoms with van der Waals surface area (Å²) in [5.41, 5.74) is 0.928. The molecule has 1 rings (SSSR count). The predicted octanol–water partition coefficient (Wildman–Crippen LogP) is 3.34. The van der Waals surface area contributed by atoms with Crippen LogP contribution in [0.5, 0.6) is 0 Å². The molecule has 0 saturated heterocycles. The molecular weight excluding hydrogens is 211 g/mol. The van der Waals surface area contributed by atoms with Gasteiger partial charge in [0.1, 0.15) is 4.49 Å². The fourth-order valence-electron chi connectivity index (χ4n) is 1.77. The number of carboxylic acid groups (broad SMARTS) is 1. The number of rotatable bonds is 2. The molecule has 1 fully saturated rings. The van der Waals surface area contributed by atoms with Gasteiger partial charge in [0.05, 0.1) is 6.42 Å². The van der Waals surface area contributed by atoms with Crippen LogP contribution in [0.3, 0.4) is 0 Å². The van der Waals surface area contributed by atoms with Crippen LogP contribution < -0.4 is 0 Å². The average molecular weight is 223 g/mol. The molecule has 0 bridgehead atoms. The second kappa shape index (κ2) is 4.87. The summed E-state index contributed by atoms with van der Waals surface area (Å²) in [5.74, 6) is -0.727. The second-order valence-electron chi connectivity index (χ2n) is 3.33. The van der Waals surface area contributed by atoms with Gasteiger partial charge in [-0.25, -0.2) is 0 Å². The van der Waals surface area contributed by atoms with E-state index < -0.39 is 5.97 Å². The number of carbonyl (C=O) groups is 1. The number of aliphatic carboxylic acids is 1. The zero-order valence-electron chi connectivity index (χ0n) is 7.22. The highest BCUT2D eigenvalue weighted by molar-refractivity contribution is 6.56. The molecule has 0 aromatic rings. The highest BCUT2D eigenvalue weighted by atomic mass is 35.5. The summed E-state index contributed by atoms with van der Waals surface area (Å²) >= 11 is 11.4. The lowest BCUT2D eigenvalue weighted by molar-refractivity contribution is -0.137. The first kappa shape index (κ1) is 10.9. The Morgan fingerprint density at radius 2 is 2.15 bits per heavy atom. The van der Waals surface area contributed by atoms with Gasteiger partial charge in [-0.05, 0) is 30.8 Å². The molecule has 0 amide bonds. The highest BCUT2D eigenvalue weighted by Gasteiger charge is 2.23. The van der Waals surface area contributed by atoms with E-state index in [2.05, 4.69) is 0 Å².